The van der Waals surface area contributed by atoms with Gasteiger partial charge in [-0.15, -0.1) is 12.4 Å². The molecule has 0 aromatic carbocycles. The number of rotatable bonds is 5. The van der Waals surface area contributed by atoms with Crippen LogP contribution in [0.2, 0.25) is 0 Å². The highest BCUT2D eigenvalue weighted by Gasteiger charge is 2.36. The molecule has 1 heterocycles. The monoisotopic (exact) mass is 289 g/mol. The third-order valence-corrected chi connectivity index (χ3v) is 3.71. The SMILES string of the molecule is Cl.NCCCNC(=O)C1CCCN(C(=O)C2CC2)C1. The minimum atomic E-state index is -0.0285. The first-order valence-electron chi connectivity index (χ1n) is 6.99. The summed E-state index contributed by atoms with van der Waals surface area (Å²) in [5.74, 6) is 0.564. The lowest BCUT2D eigenvalue weighted by Crippen LogP contribution is -2.46. The molecule has 19 heavy (non-hydrogen) atoms. The zero-order chi connectivity index (χ0) is 13.0. The summed E-state index contributed by atoms with van der Waals surface area (Å²) >= 11 is 0. The molecular weight excluding hydrogens is 266 g/mol. The van der Waals surface area contributed by atoms with Crippen LogP contribution in [-0.2, 0) is 9.59 Å². The van der Waals surface area contributed by atoms with Gasteiger partial charge in [0, 0.05) is 25.6 Å². The van der Waals surface area contributed by atoms with Gasteiger partial charge in [0.05, 0.1) is 5.92 Å². The first kappa shape index (κ1) is 16.2. The molecule has 1 aliphatic heterocycles. The van der Waals surface area contributed by atoms with Crippen molar-refractivity contribution in [2.24, 2.45) is 17.6 Å². The van der Waals surface area contributed by atoms with E-state index in [9.17, 15) is 9.59 Å². The number of piperidine rings is 1. The smallest absolute Gasteiger partial charge is 0.225 e. The minimum absolute atomic E-state index is 0. The maximum Gasteiger partial charge on any atom is 0.225 e. The van der Waals surface area contributed by atoms with Crippen molar-refractivity contribution in [2.75, 3.05) is 26.2 Å². The van der Waals surface area contributed by atoms with E-state index >= 15 is 0 Å². The van der Waals surface area contributed by atoms with Crippen molar-refractivity contribution < 1.29 is 9.59 Å². The van der Waals surface area contributed by atoms with Crippen molar-refractivity contribution in [2.45, 2.75) is 32.1 Å². The first-order chi connectivity index (χ1) is 8.72. The van der Waals surface area contributed by atoms with Crippen LogP contribution in [0.5, 0.6) is 0 Å². The first-order valence-corrected chi connectivity index (χ1v) is 6.99. The fourth-order valence-electron chi connectivity index (χ4n) is 2.44. The van der Waals surface area contributed by atoms with E-state index in [1.165, 1.54) is 0 Å². The van der Waals surface area contributed by atoms with E-state index in [1.807, 2.05) is 4.90 Å². The Balaban J connectivity index is 0.00000180. The fraction of sp³-hybridized carbons (Fsp3) is 0.846. The molecular formula is C13H24ClN3O2. The molecule has 1 atom stereocenters. The summed E-state index contributed by atoms with van der Waals surface area (Å²) < 4.78 is 0. The summed E-state index contributed by atoms with van der Waals surface area (Å²) in [5, 5.41) is 2.90. The Labute approximate surface area is 120 Å². The Kier molecular flexibility index (Phi) is 6.58. The molecule has 2 fully saturated rings. The predicted molar refractivity (Wildman–Crippen MR) is 76.0 cm³/mol. The highest BCUT2D eigenvalue weighted by molar-refractivity contribution is 5.85. The molecule has 3 N–H and O–H groups in total. The lowest BCUT2D eigenvalue weighted by molar-refractivity contribution is -0.136. The third kappa shape index (κ3) is 4.66. The van der Waals surface area contributed by atoms with Gasteiger partial charge in [-0.1, -0.05) is 0 Å². The van der Waals surface area contributed by atoms with Gasteiger partial charge in [-0.25, -0.2) is 0 Å². The highest BCUT2D eigenvalue weighted by atomic mass is 35.5. The van der Waals surface area contributed by atoms with Crippen molar-refractivity contribution in [1.29, 1.82) is 0 Å². The highest BCUT2D eigenvalue weighted by Crippen LogP contribution is 2.32. The number of nitrogens with zero attached hydrogens (tertiary/aromatic N) is 1. The van der Waals surface area contributed by atoms with E-state index in [4.69, 9.17) is 5.73 Å². The summed E-state index contributed by atoms with van der Waals surface area (Å²) in [5.41, 5.74) is 5.39. The number of carbonyl (C=O) groups is 2. The second-order valence-electron chi connectivity index (χ2n) is 5.33. The Hall–Kier alpha value is -0.810. The topological polar surface area (TPSA) is 75.4 Å². The third-order valence-electron chi connectivity index (χ3n) is 3.71. The lowest BCUT2D eigenvalue weighted by Gasteiger charge is -2.32. The average molecular weight is 290 g/mol. The normalized spacial score (nSPS) is 22.6. The molecule has 1 aliphatic carbocycles. The largest absolute Gasteiger partial charge is 0.356 e. The van der Waals surface area contributed by atoms with E-state index in [2.05, 4.69) is 5.32 Å². The van der Waals surface area contributed by atoms with E-state index in [1.54, 1.807) is 0 Å². The van der Waals surface area contributed by atoms with Gasteiger partial charge in [-0.2, -0.15) is 0 Å². The summed E-state index contributed by atoms with van der Waals surface area (Å²) in [6.07, 6.45) is 4.70. The van der Waals surface area contributed by atoms with Gasteiger partial charge in [-0.05, 0) is 38.6 Å². The Morgan fingerprint density at radius 1 is 1.21 bits per heavy atom. The Morgan fingerprint density at radius 3 is 2.58 bits per heavy atom. The van der Waals surface area contributed by atoms with Crippen LogP contribution in [0.3, 0.4) is 0 Å². The molecule has 2 amide bonds. The number of amides is 2. The molecule has 0 aromatic heterocycles. The second-order valence-corrected chi connectivity index (χ2v) is 5.33. The Bertz CT molecular complexity index is 321. The Morgan fingerprint density at radius 2 is 1.95 bits per heavy atom. The second kappa shape index (κ2) is 7.70. The quantitative estimate of drug-likeness (QED) is 0.725. The van der Waals surface area contributed by atoms with Gasteiger partial charge in [0.15, 0.2) is 0 Å². The van der Waals surface area contributed by atoms with Gasteiger partial charge in [-0.3, -0.25) is 9.59 Å². The number of nitrogens with two attached hydrogens (primary N) is 1. The van der Waals surface area contributed by atoms with Crippen molar-refractivity contribution in [3.63, 3.8) is 0 Å². The molecule has 1 saturated carbocycles. The standard InChI is InChI=1S/C13H23N3O2.ClH/c14-6-2-7-15-12(17)11-3-1-8-16(9-11)13(18)10-4-5-10;/h10-11H,1-9,14H2,(H,15,17);1H. The number of carbonyl (C=O) groups excluding carboxylic acids is 2. The summed E-state index contributed by atoms with van der Waals surface area (Å²) in [6, 6.07) is 0. The van der Waals surface area contributed by atoms with Crippen LogP contribution in [0.15, 0.2) is 0 Å². The van der Waals surface area contributed by atoms with E-state index in [0.717, 1.165) is 38.6 Å². The lowest BCUT2D eigenvalue weighted by atomic mass is 9.96. The molecule has 0 radical (unpaired) electrons. The number of likely N-dealkylation sites (tertiary alicyclic amines) is 1. The van der Waals surface area contributed by atoms with Gasteiger partial charge in [0.25, 0.3) is 0 Å². The molecule has 110 valence electrons. The van der Waals surface area contributed by atoms with Crippen LogP contribution < -0.4 is 11.1 Å². The molecule has 0 spiro atoms. The zero-order valence-corrected chi connectivity index (χ0v) is 12.1. The van der Waals surface area contributed by atoms with Crippen molar-refractivity contribution >= 4 is 24.2 Å². The van der Waals surface area contributed by atoms with Crippen molar-refractivity contribution in [1.82, 2.24) is 10.2 Å². The maximum atomic E-state index is 12.0. The van der Waals surface area contributed by atoms with Gasteiger partial charge in [0.2, 0.25) is 11.8 Å². The summed E-state index contributed by atoms with van der Waals surface area (Å²) in [7, 11) is 0. The van der Waals surface area contributed by atoms with Gasteiger partial charge < -0.3 is 16.0 Å². The van der Waals surface area contributed by atoms with Crippen LogP contribution in [0, 0.1) is 11.8 Å². The number of hydrogen-bond acceptors (Lipinski definition) is 3. The predicted octanol–water partition coefficient (Wildman–Crippen LogP) is 0.522. The summed E-state index contributed by atoms with van der Waals surface area (Å²) in [4.78, 5) is 25.8. The molecule has 2 rings (SSSR count). The van der Waals surface area contributed by atoms with Crippen LogP contribution in [0.4, 0.5) is 0 Å². The molecule has 5 nitrogen and oxygen atoms in total. The van der Waals surface area contributed by atoms with E-state index in [-0.39, 0.29) is 36.1 Å². The van der Waals surface area contributed by atoms with E-state index < -0.39 is 0 Å². The van der Waals surface area contributed by atoms with Crippen LogP contribution in [-0.4, -0.2) is 42.9 Å². The molecule has 0 bridgehead atoms. The number of halogens is 1. The van der Waals surface area contributed by atoms with E-state index in [0.29, 0.717) is 19.6 Å². The van der Waals surface area contributed by atoms with Crippen LogP contribution in [0.25, 0.3) is 0 Å². The van der Waals surface area contributed by atoms with Gasteiger partial charge >= 0.3 is 0 Å². The molecule has 0 aromatic rings. The van der Waals surface area contributed by atoms with Crippen molar-refractivity contribution in [3.8, 4) is 0 Å². The van der Waals surface area contributed by atoms with Crippen molar-refractivity contribution in [3.05, 3.63) is 0 Å². The molecule has 6 heteroatoms. The van der Waals surface area contributed by atoms with Crippen LogP contribution >= 0.6 is 12.4 Å². The average Bonchev–Trinajstić information content (AvgIpc) is 3.22. The number of nitrogens with one attached hydrogen (secondary N) is 1. The number of hydrogen-bond donors (Lipinski definition) is 2. The van der Waals surface area contributed by atoms with Crippen LogP contribution in [0.1, 0.15) is 32.1 Å². The minimum Gasteiger partial charge on any atom is -0.356 e. The molecule has 1 unspecified atom stereocenters. The maximum absolute atomic E-state index is 12.0. The summed E-state index contributed by atoms with van der Waals surface area (Å²) in [6.45, 7) is 2.66. The molecule has 1 saturated heterocycles. The fourth-order valence-corrected chi connectivity index (χ4v) is 2.44. The zero-order valence-electron chi connectivity index (χ0n) is 11.3. The molecule has 2 aliphatic rings. The van der Waals surface area contributed by atoms with Gasteiger partial charge in [0.1, 0.15) is 0 Å².